The van der Waals surface area contributed by atoms with Gasteiger partial charge in [0.2, 0.25) is 5.82 Å². The van der Waals surface area contributed by atoms with Crippen LogP contribution in [0.15, 0.2) is 18.2 Å². The summed E-state index contributed by atoms with van der Waals surface area (Å²) in [6, 6.07) is 2.52. The highest BCUT2D eigenvalue weighted by Crippen LogP contribution is 2.29. The Morgan fingerprint density at radius 3 is 1.96 bits per heavy atom. The van der Waals surface area contributed by atoms with Gasteiger partial charge in [-0.2, -0.15) is 0 Å². The number of non-ortho nitro benzene ring substituents is 1. The maximum Gasteiger partial charge on any atom is 0.270 e. The number of nitro groups is 1. The molecule has 2 aromatic carbocycles. The Bertz CT molecular complexity index is 846. The maximum atomic E-state index is 13.5. The van der Waals surface area contributed by atoms with E-state index in [0.717, 1.165) is 18.2 Å². The molecule has 24 heavy (non-hydrogen) atoms. The van der Waals surface area contributed by atoms with Crippen molar-refractivity contribution in [2.75, 3.05) is 5.32 Å². The van der Waals surface area contributed by atoms with Crippen molar-refractivity contribution in [3.8, 4) is 0 Å². The van der Waals surface area contributed by atoms with Crippen LogP contribution in [0.2, 0.25) is 5.02 Å². The zero-order valence-corrected chi connectivity index (χ0v) is 11.9. The average Bonchev–Trinajstić information content (AvgIpc) is 2.54. The summed E-state index contributed by atoms with van der Waals surface area (Å²) in [5, 5.41) is 11.6. The van der Waals surface area contributed by atoms with E-state index in [1.54, 1.807) is 0 Å². The van der Waals surface area contributed by atoms with Crippen LogP contribution < -0.4 is 5.32 Å². The molecule has 126 valence electrons. The van der Waals surface area contributed by atoms with Gasteiger partial charge in [0.1, 0.15) is 5.69 Å². The van der Waals surface area contributed by atoms with Crippen molar-refractivity contribution < 1.29 is 31.7 Å². The fraction of sp³-hybridized carbons (Fsp3) is 0. The minimum atomic E-state index is -2.38. The van der Waals surface area contributed by atoms with Gasteiger partial charge in [0, 0.05) is 12.1 Å². The number of nitrogens with zero attached hydrogens (tertiary/aromatic N) is 1. The van der Waals surface area contributed by atoms with Crippen molar-refractivity contribution in [3.05, 3.63) is 68.0 Å². The van der Waals surface area contributed by atoms with E-state index in [9.17, 15) is 36.9 Å². The lowest BCUT2D eigenvalue weighted by Crippen LogP contribution is -2.17. The van der Waals surface area contributed by atoms with Gasteiger partial charge in [0.05, 0.1) is 15.5 Å². The molecule has 0 fully saturated rings. The molecule has 0 aliphatic carbocycles. The summed E-state index contributed by atoms with van der Waals surface area (Å²) in [7, 11) is 0. The summed E-state index contributed by atoms with van der Waals surface area (Å²) in [5.74, 6) is -12.6. The largest absolute Gasteiger partial charge is 0.317 e. The van der Waals surface area contributed by atoms with Crippen LogP contribution in [-0.4, -0.2) is 10.8 Å². The van der Waals surface area contributed by atoms with Crippen LogP contribution in [-0.2, 0) is 0 Å². The second-order valence-corrected chi connectivity index (χ2v) is 4.73. The fourth-order valence-corrected chi connectivity index (χ4v) is 1.96. The number of carbonyl (C=O) groups excluding carboxylic acids is 1. The Kier molecular flexibility index (Phi) is 4.69. The van der Waals surface area contributed by atoms with Gasteiger partial charge in [-0.25, -0.2) is 22.0 Å². The molecule has 0 saturated carbocycles. The number of hydrogen-bond donors (Lipinski definition) is 1. The van der Waals surface area contributed by atoms with Gasteiger partial charge >= 0.3 is 0 Å². The molecule has 0 aliphatic rings. The number of anilines is 1. The number of benzene rings is 2. The van der Waals surface area contributed by atoms with Crippen LogP contribution in [0.25, 0.3) is 0 Å². The number of hydrogen-bond acceptors (Lipinski definition) is 3. The Hall–Kier alpha value is -2.75. The highest BCUT2D eigenvalue weighted by Gasteiger charge is 2.27. The zero-order chi connectivity index (χ0) is 18.2. The van der Waals surface area contributed by atoms with E-state index >= 15 is 0 Å². The van der Waals surface area contributed by atoms with Crippen molar-refractivity contribution in [1.82, 2.24) is 0 Å². The summed E-state index contributed by atoms with van der Waals surface area (Å²) in [6.45, 7) is 0. The Morgan fingerprint density at radius 1 is 1.00 bits per heavy atom. The normalized spacial score (nSPS) is 10.6. The SMILES string of the molecule is O=C(Nc1c(F)c(F)c(F)c(F)c1F)c1ccc([N+](=O)[O-])cc1Cl. The lowest BCUT2D eigenvalue weighted by molar-refractivity contribution is -0.384. The summed E-state index contributed by atoms with van der Waals surface area (Å²) >= 11 is 5.64. The lowest BCUT2D eigenvalue weighted by atomic mass is 10.1. The first-order valence-electron chi connectivity index (χ1n) is 5.91. The first-order chi connectivity index (χ1) is 11.1. The van der Waals surface area contributed by atoms with Crippen LogP contribution in [0.5, 0.6) is 0 Å². The van der Waals surface area contributed by atoms with E-state index in [1.807, 2.05) is 0 Å². The van der Waals surface area contributed by atoms with Crippen molar-refractivity contribution in [2.45, 2.75) is 0 Å². The topological polar surface area (TPSA) is 72.2 Å². The number of rotatable bonds is 3. The zero-order valence-electron chi connectivity index (χ0n) is 11.2. The summed E-state index contributed by atoms with van der Waals surface area (Å²) in [6.07, 6.45) is 0. The molecule has 11 heteroatoms. The predicted octanol–water partition coefficient (Wildman–Crippen LogP) is 4.20. The van der Waals surface area contributed by atoms with Crippen molar-refractivity contribution in [3.63, 3.8) is 0 Å². The molecule has 0 spiro atoms. The molecule has 0 bridgehead atoms. The van der Waals surface area contributed by atoms with E-state index < -0.39 is 61.9 Å². The highest BCUT2D eigenvalue weighted by atomic mass is 35.5. The average molecular weight is 367 g/mol. The minimum Gasteiger partial charge on any atom is -0.317 e. The number of nitrogens with one attached hydrogen (secondary N) is 1. The molecule has 0 atom stereocenters. The van der Waals surface area contributed by atoms with Gasteiger partial charge in [-0.05, 0) is 6.07 Å². The quantitative estimate of drug-likeness (QED) is 0.291. The van der Waals surface area contributed by atoms with Crippen LogP contribution in [0.1, 0.15) is 10.4 Å². The molecule has 0 aliphatic heterocycles. The summed E-state index contributed by atoms with van der Waals surface area (Å²) in [4.78, 5) is 21.6. The molecule has 5 nitrogen and oxygen atoms in total. The second kappa shape index (κ2) is 6.40. The number of halogens is 6. The van der Waals surface area contributed by atoms with Gasteiger partial charge in [-0.3, -0.25) is 14.9 Å². The summed E-state index contributed by atoms with van der Waals surface area (Å²) < 4.78 is 66.0. The predicted molar refractivity (Wildman–Crippen MR) is 72.3 cm³/mol. The van der Waals surface area contributed by atoms with Crippen molar-refractivity contribution in [1.29, 1.82) is 0 Å². The van der Waals surface area contributed by atoms with Gasteiger partial charge in [-0.15, -0.1) is 0 Å². The third kappa shape index (κ3) is 3.00. The highest BCUT2D eigenvalue weighted by molar-refractivity contribution is 6.34. The van der Waals surface area contributed by atoms with E-state index in [0.29, 0.717) is 0 Å². The number of amides is 1. The van der Waals surface area contributed by atoms with E-state index in [-0.39, 0.29) is 0 Å². The maximum absolute atomic E-state index is 13.5. The number of nitro benzene ring substituents is 1. The molecule has 2 rings (SSSR count). The molecular formula is C13H4ClF5N2O3. The standard InChI is InChI=1S/C13H4ClF5N2O3/c14-6-3-4(21(23)24)1-2-5(6)13(22)20-12-10(18)8(16)7(15)9(17)11(12)19/h1-3H,(H,20,22). The van der Waals surface area contributed by atoms with Crippen LogP contribution >= 0.6 is 11.6 Å². The molecular weight excluding hydrogens is 363 g/mol. The Labute approximate surface area is 134 Å². The number of carbonyl (C=O) groups is 1. The van der Waals surface area contributed by atoms with Crippen molar-refractivity contribution in [2.24, 2.45) is 0 Å². The smallest absolute Gasteiger partial charge is 0.270 e. The second-order valence-electron chi connectivity index (χ2n) is 4.32. The lowest BCUT2D eigenvalue weighted by Gasteiger charge is -2.10. The third-order valence-electron chi connectivity index (χ3n) is 2.86. The molecule has 1 N–H and O–H groups in total. The van der Waals surface area contributed by atoms with E-state index in [1.165, 1.54) is 5.32 Å². The van der Waals surface area contributed by atoms with Crippen LogP contribution in [0.4, 0.5) is 33.3 Å². The first-order valence-corrected chi connectivity index (χ1v) is 6.29. The third-order valence-corrected chi connectivity index (χ3v) is 3.17. The molecule has 0 saturated heterocycles. The Balaban J connectivity index is 2.43. The minimum absolute atomic E-state index is 0.453. The molecule has 1 amide bonds. The molecule has 0 unspecified atom stereocenters. The van der Waals surface area contributed by atoms with Gasteiger partial charge in [0.25, 0.3) is 11.6 Å². The molecule has 0 radical (unpaired) electrons. The van der Waals surface area contributed by atoms with Crippen LogP contribution in [0, 0.1) is 39.2 Å². The van der Waals surface area contributed by atoms with E-state index in [4.69, 9.17) is 11.6 Å². The first kappa shape index (κ1) is 17.6. The molecule has 0 heterocycles. The fourth-order valence-electron chi connectivity index (χ4n) is 1.70. The molecule has 2 aromatic rings. The van der Waals surface area contributed by atoms with Gasteiger partial charge in [-0.1, -0.05) is 11.6 Å². The van der Waals surface area contributed by atoms with E-state index in [2.05, 4.69) is 0 Å². The van der Waals surface area contributed by atoms with Gasteiger partial charge < -0.3 is 5.32 Å². The summed E-state index contributed by atoms with van der Waals surface area (Å²) in [5.41, 5.74) is -2.50. The van der Waals surface area contributed by atoms with Gasteiger partial charge in [0.15, 0.2) is 23.3 Å². The molecule has 0 aromatic heterocycles. The monoisotopic (exact) mass is 366 g/mol. The van der Waals surface area contributed by atoms with Crippen LogP contribution in [0.3, 0.4) is 0 Å². The Morgan fingerprint density at radius 2 is 1.50 bits per heavy atom. The van der Waals surface area contributed by atoms with Crippen molar-refractivity contribution >= 4 is 28.9 Å².